The zero-order valence-electron chi connectivity index (χ0n) is 10.4. The van der Waals surface area contributed by atoms with Crippen LogP contribution in [-0.2, 0) is 10.0 Å². The molecular weight excluding hydrogens is 313 g/mol. The number of nitrogens with zero attached hydrogens (tertiary/aromatic N) is 2. The van der Waals surface area contributed by atoms with E-state index in [4.69, 9.17) is 0 Å². The van der Waals surface area contributed by atoms with Crippen LogP contribution in [0.3, 0.4) is 0 Å². The van der Waals surface area contributed by atoms with E-state index in [0.29, 0.717) is 13.1 Å². The van der Waals surface area contributed by atoms with E-state index >= 15 is 0 Å². The second-order valence-electron chi connectivity index (χ2n) is 4.18. The molecule has 10 heteroatoms. The molecule has 20 heavy (non-hydrogen) atoms. The SMILES string of the molecule is CN(C1CNC1)S(=O)(=O)c1c(F)cccc1[N+](=O)[O-].Cl. The molecule has 1 fully saturated rings. The standard InChI is InChI=1S/C10H12FN3O4S.ClH/c1-13(7-5-12-6-7)19(17,18)10-8(11)3-2-4-9(10)14(15)16;/h2-4,7,12H,5-6H2,1H3;1H. The topological polar surface area (TPSA) is 92.6 Å². The Labute approximate surface area is 121 Å². The molecule has 1 heterocycles. The Morgan fingerprint density at radius 3 is 2.50 bits per heavy atom. The summed E-state index contributed by atoms with van der Waals surface area (Å²) in [5.74, 6) is -1.12. The Bertz CT molecular complexity index is 621. The monoisotopic (exact) mass is 325 g/mol. The maximum absolute atomic E-state index is 13.7. The summed E-state index contributed by atoms with van der Waals surface area (Å²) in [4.78, 5) is 9.06. The Balaban J connectivity index is 0.00000200. The highest BCUT2D eigenvalue weighted by atomic mass is 35.5. The molecule has 7 nitrogen and oxygen atoms in total. The van der Waals surface area contributed by atoms with Crippen LogP contribution in [0.25, 0.3) is 0 Å². The minimum atomic E-state index is -4.23. The summed E-state index contributed by atoms with van der Waals surface area (Å²) in [5.41, 5.74) is -0.751. The van der Waals surface area contributed by atoms with E-state index in [1.165, 1.54) is 7.05 Å². The fourth-order valence-electron chi connectivity index (χ4n) is 1.77. The second kappa shape index (κ2) is 6.00. The number of hydrogen-bond donors (Lipinski definition) is 1. The van der Waals surface area contributed by atoms with Crippen LogP contribution in [-0.4, -0.2) is 43.8 Å². The van der Waals surface area contributed by atoms with Crippen molar-refractivity contribution in [1.82, 2.24) is 9.62 Å². The maximum Gasteiger partial charge on any atom is 0.292 e. The molecule has 1 aromatic carbocycles. The highest BCUT2D eigenvalue weighted by molar-refractivity contribution is 7.89. The molecule has 0 spiro atoms. The third-order valence-corrected chi connectivity index (χ3v) is 5.03. The Hall–Kier alpha value is -1.29. The summed E-state index contributed by atoms with van der Waals surface area (Å²) in [6.07, 6.45) is 0. The van der Waals surface area contributed by atoms with Gasteiger partial charge in [-0.05, 0) is 6.07 Å². The summed E-state index contributed by atoms with van der Waals surface area (Å²) in [6.45, 7) is 0.885. The van der Waals surface area contributed by atoms with Crippen LogP contribution in [0.4, 0.5) is 10.1 Å². The molecule has 2 rings (SSSR count). The Morgan fingerprint density at radius 1 is 1.45 bits per heavy atom. The van der Waals surface area contributed by atoms with Crippen molar-refractivity contribution in [2.24, 2.45) is 0 Å². The lowest BCUT2D eigenvalue weighted by Gasteiger charge is -2.34. The van der Waals surface area contributed by atoms with Gasteiger partial charge in [-0.1, -0.05) is 6.07 Å². The largest absolute Gasteiger partial charge is 0.313 e. The van der Waals surface area contributed by atoms with Gasteiger partial charge in [-0.2, -0.15) is 4.31 Å². The van der Waals surface area contributed by atoms with E-state index in [1.807, 2.05) is 0 Å². The normalized spacial score (nSPS) is 15.6. The second-order valence-corrected chi connectivity index (χ2v) is 6.11. The molecule has 0 aliphatic carbocycles. The summed E-state index contributed by atoms with van der Waals surface area (Å²) < 4.78 is 39.2. The molecule has 1 N–H and O–H groups in total. The van der Waals surface area contributed by atoms with E-state index in [2.05, 4.69) is 5.32 Å². The molecule has 0 aromatic heterocycles. The van der Waals surface area contributed by atoms with Crippen LogP contribution >= 0.6 is 12.4 Å². The molecule has 0 atom stereocenters. The van der Waals surface area contributed by atoms with E-state index in [0.717, 1.165) is 22.5 Å². The smallest absolute Gasteiger partial charge is 0.292 e. The first-order valence-corrected chi connectivity index (χ1v) is 6.91. The minimum Gasteiger partial charge on any atom is -0.313 e. The van der Waals surface area contributed by atoms with Gasteiger partial charge in [-0.25, -0.2) is 12.8 Å². The third kappa shape index (κ3) is 2.75. The molecule has 1 saturated heterocycles. The minimum absolute atomic E-state index is 0. The van der Waals surface area contributed by atoms with Crippen LogP contribution < -0.4 is 5.32 Å². The van der Waals surface area contributed by atoms with E-state index < -0.39 is 31.3 Å². The van der Waals surface area contributed by atoms with Gasteiger partial charge in [0.15, 0.2) is 4.90 Å². The van der Waals surface area contributed by atoms with E-state index in [-0.39, 0.29) is 18.4 Å². The van der Waals surface area contributed by atoms with Crippen molar-refractivity contribution >= 4 is 28.1 Å². The predicted molar refractivity (Wildman–Crippen MR) is 71.9 cm³/mol. The lowest BCUT2D eigenvalue weighted by Crippen LogP contribution is -2.57. The van der Waals surface area contributed by atoms with Crippen molar-refractivity contribution in [3.05, 3.63) is 34.1 Å². The third-order valence-electron chi connectivity index (χ3n) is 3.05. The summed E-state index contributed by atoms with van der Waals surface area (Å²) >= 11 is 0. The van der Waals surface area contributed by atoms with Gasteiger partial charge in [0.05, 0.1) is 4.92 Å². The highest BCUT2D eigenvalue weighted by Gasteiger charge is 2.38. The van der Waals surface area contributed by atoms with Gasteiger partial charge in [-0.3, -0.25) is 10.1 Å². The zero-order valence-corrected chi connectivity index (χ0v) is 12.1. The lowest BCUT2D eigenvalue weighted by molar-refractivity contribution is -0.388. The summed E-state index contributed by atoms with van der Waals surface area (Å²) in [5, 5.41) is 13.7. The molecule has 0 radical (unpaired) electrons. The van der Waals surface area contributed by atoms with Gasteiger partial charge in [0.2, 0.25) is 0 Å². The number of benzene rings is 1. The van der Waals surface area contributed by atoms with Gasteiger partial charge in [-0.15, -0.1) is 12.4 Å². The molecule has 0 amide bonds. The molecule has 112 valence electrons. The molecular formula is C10H13ClFN3O4S. The van der Waals surface area contributed by atoms with Crippen LogP contribution in [0.15, 0.2) is 23.1 Å². The average Bonchev–Trinajstić information content (AvgIpc) is 2.25. The number of sulfonamides is 1. The first-order valence-electron chi connectivity index (χ1n) is 5.47. The van der Waals surface area contributed by atoms with Gasteiger partial charge < -0.3 is 5.32 Å². The molecule has 0 unspecified atom stereocenters. The van der Waals surface area contributed by atoms with Crippen LogP contribution in [0.1, 0.15) is 0 Å². The number of rotatable bonds is 4. The molecule has 0 bridgehead atoms. The van der Waals surface area contributed by atoms with E-state index in [9.17, 15) is 22.9 Å². The lowest BCUT2D eigenvalue weighted by atomic mass is 10.2. The Kier molecular flexibility index (Phi) is 5.03. The zero-order chi connectivity index (χ0) is 14.2. The number of nitro groups is 1. The van der Waals surface area contributed by atoms with Crippen molar-refractivity contribution in [2.75, 3.05) is 20.1 Å². The fraction of sp³-hybridized carbons (Fsp3) is 0.400. The van der Waals surface area contributed by atoms with Crippen molar-refractivity contribution in [2.45, 2.75) is 10.9 Å². The quantitative estimate of drug-likeness (QED) is 0.651. The average molecular weight is 326 g/mol. The highest BCUT2D eigenvalue weighted by Crippen LogP contribution is 2.29. The number of nitro benzene ring substituents is 1. The maximum atomic E-state index is 13.7. The van der Waals surface area contributed by atoms with Crippen molar-refractivity contribution in [3.8, 4) is 0 Å². The molecule has 0 saturated carbocycles. The van der Waals surface area contributed by atoms with Crippen LogP contribution in [0.2, 0.25) is 0 Å². The number of halogens is 2. The fourth-order valence-corrected chi connectivity index (χ4v) is 3.32. The van der Waals surface area contributed by atoms with Gasteiger partial charge in [0.25, 0.3) is 15.7 Å². The predicted octanol–water partition coefficient (Wildman–Crippen LogP) is 0.748. The van der Waals surface area contributed by atoms with Crippen molar-refractivity contribution < 1.29 is 17.7 Å². The summed E-state index contributed by atoms with van der Waals surface area (Å²) in [7, 11) is -2.94. The number of hydrogen-bond acceptors (Lipinski definition) is 5. The van der Waals surface area contributed by atoms with Gasteiger partial charge >= 0.3 is 0 Å². The summed E-state index contributed by atoms with van der Waals surface area (Å²) in [6, 6.07) is 2.66. The van der Waals surface area contributed by atoms with Crippen LogP contribution in [0.5, 0.6) is 0 Å². The molecule has 1 aromatic rings. The van der Waals surface area contributed by atoms with Crippen molar-refractivity contribution in [1.29, 1.82) is 0 Å². The van der Waals surface area contributed by atoms with Crippen molar-refractivity contribution in [3.63, 3.8) is 0 Å². The molecule has 1 aliphatic rings. The first-order chi connectivity index (χ1) is 8.85. The van der Waals surface area contributed by atoms with E-state index in [1.54, 1.807) is 0 Å². The van der Waals surface area contributed by atoms with Crippen LogP contribution in [0, 0.1) is 15.9 Å². The van der Waals surface area contributed by atoms with Gasteiger partial charge in [0.1, 0.15) is 5.82 Å². The number of nitrogens with one attached hydrogen (secondary N) is 1. The Morgan fingerprint density at radius 2 is 2.05 bits per heavy atom. The molecule has 1 aliphatic heterocycles. The number of likely N-dealkylation sites (N-methyl/N-ethyl adjacent to an activating group) is 1. The first kappa shape index (κ1) is 16.8. The van der Waals surface area contributed by atoms with Gasteiger partial charge in [0, 0.05) is 32.2 Å².